The van der Waals surface area contributed by atoms with E-state index >= 15 is 0 Å². The molecule has 2 amide bonds. The second-order valence-corrected chi connectivity index (χ2v) is 9.59. The predicted molar refractivity (Wildman–Crippen MR) is 138 cm³/mol. The Morgan fingerprint density at radius 3 is 2.49 bits per heavy atom. The average Bonchev–Trinajstić information content (AvgIpc) is 3.57. The first-order chi connectivity index (χ1) is 17.0. The number of aromatic nitrogens is 1. The van der Waals surface area contributed by atoms with Gasteiger partial charge in [0, 0.05) is 21.5 Å². The number of carbonyl (C=O) groups is 2. The van der Waals surface area contributed by atoms with Crippen molar-refractivity contribution in [2.75, 3.05) is 24.9 Å². The number of methoxy groups -OCH3 is 2. The summed E-state index contributed by atoms with van der Waals surface area (Å²) in [5.74, 6) is 1.02. The molecular formula is C25H23N3O5S2. The third-order valence-electron chi connectivity index (χ3n) is 4.95. The summed E-state index contributed by atoms with van der Waals surface area (Å²) >= 11 is 2.77. The quantitative estimate of drug-likeness (QED) is 0.275. The van der Waals surface area contributed by atoms with E-state index in [0.717, 1.165) is 16.2 Å². The van der Waals surface area contributed by atoms with Crippen molar-refractivity contribution >= 4 is 45.7 Å². The summed E-state index contributed by atoms with van der Waals surface area (Å²) in [7, 11) is 3.17. The lowest BCUT2D eigenvalue weighted by molar-refractivity contribution is -0.115. The Morgan fingerprint density at radius 1 is 1.03 bits per heavy atom. The van der Waals surface area contributed by atoms with Gasteiger partial charge in [0.15, 0.2) is 22.4 Å². The Bertz CT molecular complexity index is 1300. The maximum absolute atomic E-state index is 12.7. The minimum Gasteiger partial charge on any atom is -0.493 e. The van der Waals surface area contributed by atoms with Crippen molar-refractivity contribution in [1.29, 1.82) is 0 Å². The highest BCUT2D eigenvalue weighted by Crippen LogP contribution is 2.34. The van der Waals surface area contributed by atoms with Crippen LogP contribution in [0.1, 0.15) is 17.5 Å². The van der Waals surface area contributed by atoms with E-state index in [4.69, 9.17) is 13.9 Å². The lowest BCUT2D eigenvalue weighted by atomic mass is 10.1. The van der Waals surface area contributed by atoms with E-state index in [9.17, 15) is 9.59 Å². The van der Waals surface area contributed by atoms with Gasteiger partial charge >= 0.3 is 0 Å². The van der Waals surface area contributed by atoms with Gasteiger partial charge < -0.3 is 24.5 Å². The molecule has 0 saturated carbocycles. The SMILES string of the molecule is COc1ccc(-c2csc(NC(=O)C(C)Sc3ccc(NC(=O)c4ccco4)cc3)n2)cc1OC. The molecule has 2 aromatic carbocycles. The molecule has 0 spiro atoms. The van der Waals surface area contributed by atoms with Crippen molar-refractivity contribution in [3.8, 4) is 22.8 Å². The van der Waals surface area contributed by atoms with Crippen molar-refractivity contribution in [3.05, 3.63) is 72.0 Å². The maximum atomic E-state index is 12.7. The van der Waals surface area contributed by atoms with Crippen LogP contribution in [0.15, 0.2) is 75.6 Å². The number of thiazole rings is 1. The van der Waals surface area contributed by atoms with E-state index in [1.54, 1.807) is 38.5 Å². The van der Waals surface area contributed by atoms with Crippen LogP contribution in [0.2, 0.25) is 0 Å². The van der Waals surface area contributed by atoms with Gasteiger partial charge in [-0.3, -0.25) is 9.59 Å². The molecule has 1 atom stereocenters. The van der Waals surface area contributed by atoms with E-state index in [0.29, 0.717) is 22.3 Å². The monoisotopic (exact) mass is 509 g/mol. The fourth-order valence-electron chi connectivity index (χ4n) is 3.14. The Labute approximate surface area is 210 Å². The zero-order valence-corrected chi connectivity index (χ0v) is 20.9. The molecule has 4 rings (SSSR count). The Hall–Kier alpha value is -3.76. The van der Waals surface area contributed by atoms with Crippen LogP contribution in [0.3, 0.4) is 0 Å². The van der Waals surface area contributed by atoms with E-state index < -0.39 is 0 Å². The molecule has 0 radical (unpaired) electrons. The number of nitrogens with zero attached hydrogens (tertiary/aromatic N) is 1. The van der Waals surface area contributed by atoms with Crippen molar-refractivity contribution in [2.45, 2.75) is 17.1 Å². The van der Waals surface area contributed by atoms with Crippen molar-refractivity contribution in [3.63, 3.8) is 0 Å². The molecule has 1 unspecified atom stereocenters. The number of benzene rings is 2. The second kappa shape index (κ2) is 11.1. The molecule has 180 valence electrons. The van der Waals surface area contributed by atoms with E-state index in [1.165, 1.54) is 29.4 Å². The summed E-state index contributed by atoms with van der Waals surface area (Å²) in [5, 5.41) is 7.69. The summed E-state index contributed by atoms with van der Waals surface area (Å²) in [6.45, 7) is 1.83. The zero-order valence-electron chi connectivity index (χ0n) is 19.2. The van der Waals surface area contributed by atoms with Gasteiger partial charge in [0.2, 0.25) is 5.91 Å². The number of nitrogens with one attached hydrogen (secondary N) is 2. The lowest BCUT2D eigenvalue weighted by Gasteiger charge is -2.11. The van der Waals surface area contributed by atoms with E-state index in [2.05, 4.69) is 15.6 Å². The zero-order chi connectivity index (χ0) is 24.8. The number of rotatable bonds is 9. The molecule has 0 fully saturated rings. The number of furan rings is 1. The lowest BCUT2D eigenvalue weighted by Crippen LogP contribution is -2.22. The predicted octanol–water partition coefficient (Wildman–Crippen LogP) is 5.79. The molecule has 0 aliphatic heterocycles. The maximum Gasteiger partial charge on any atom is 0.291 e. The second-order valence-electron chi connectivity index (χ2n) is 7.31. The van der Waals surface area contributed by atoms with Gasteiger partial charge in [-0.15, -0.1) is 23.1 Å². The van der Waals surface area contributed by atoms with Crippen LogP contribution in [-0.4, -0.2) is 36.3 Å². The van der Waals surface area contributed by atoms with Gasteiger partial charge in [0.05, 0.1) is 31.4 Å². The fraction of sp³-hybridized carbons (Fsp3) is 0.160. The first-order valence-corrected chi connectivity index (χ1v) is 12.3. The summed E-state index contributed by atoms with van der Waals surface area (Å²) < 4.78 is 15.7. The number of thioether (sulfide) groups is 1. The fourth-order valence-corrected chi connectivity index (χ4v) is 4.73. The van der Waals surface area contributed by atoms with Crippen LogP contribution < -0.4 is 20.1 Å². The Kier molecular flexibility index (Phi) is 7.74. The molecule has 0 bridgehead atoms. The minimum atomic E-state index is -0.355. The molecule has 35 heavy (non-hydrogen) atoms. The number of carbonyl (C=O) groups excluding carboxylic acids is 2. The van der Waals surface area contributed by atoms with Gasteiger partial charge in [-0.1, -0.05) is 0 Å². The number of hydrogen-bond donors (Lipinski definition) is 2. The normalized spacial score (nSPS) is 11.5. The summed E-state index contributed by atoms with van der Waals surface area (Å²) in [6, 6.07) is 16.1. The van der Waals surface area contributed by atoms with Crippen LogP contribution in [0.25, 0.3) is 11.3 Å². The average molecular weight is 510 g/mol. The van der Waals surface area contributed by atoms with Crippen molar-refractivity contribution in [2.24, 2.45) is 0 Å². The topological polar surface area (TPSA) is 103 Å². The number of amides is 2. The molecule has 2 N–H and O–H groups in total. The van der Waals surface area contributed by atoms with Gasteiger partial charge in [-0.05, 0) is 61.5 Å². The summed E-state index contributed by atoms with van der Waals surface area (Å²) in [6.07, 6.45) is 1.45. The number of anilines is 2. The molecule has 8 nitrogen and oxygen atoms in total. The standard InChI is InChI=1S/C25H23N3O5S2/c1-15(35-18-9-7-17(8-10-18)26-24(30)21-5-4-12-33-21)23(29)28-25-27-19(14-34-25)16-6-11-20(31-2)22(13-16)32-3/h4-15H,1-3H3,(H,26,30)(H,27,28,29). The smallest absolute Gasteiger partial charge is 0.291 e. The number of hydrogen-bond acceptors (Lipinski definition) is 8. The molecular weight excluding hydrogens is 486 g/mol. The molecule has 0 aliphatic carbocycles. The van der Waals surface area contributed by atoms with Gasteiger partial charge in [0.25, 0.3) is 5.91 Å². The van der Waals surface area contributed by atoms with Crippen molar-refractivity contribution < 1.29 is 23.5 Å². The highest BCUT2D eigenvalue weighted by Gasteiger charge is 2.17. The molecule has 2 heterocycles. The van der Waals surface area contributed by atoms with Crippen LogP contribution in [-0.2, 0) is 4.79 Å². The highest BCUT2D eigenvalue weighted by atomic mass is 32.2. The van der Waals surface area contributed by atoms with E-state index in [1.807, 2.05) is 42.6 Å². The van der Waals surface area contributed by atoms with E-state index in [-0.39, 0.29) is 22.8 Å². The first kappa shape index (κ1) is 24.4. The van der Waals surface area contributed by atoms with Crippen LogP contribution in [0.5, 0.6) is 11.5 Å². The Balaban J connectivity index is 1.33. The third kappa shape index (κ3) is 6.03. The highest BCUT2D eigenvalue weighted by molar-refractivity contribution is 8.00. The Morgan fingerprint density at radius 2 is 1.80 bits per heavy atom. The molecule has 10 heteroatoms. The van der Waals surface area contributed by atoms with Crippen molar-refractivity contribution in [1.82, 2.24) is 4.98 Å². The van der Waals surface area contributed by atoms with Crippen LogP contribution in [0, 0.1) is 0 Å². The summed E-state index contributed by atoms with van der Waals surface area (Å²) in [4.78, 5) is 30.2. The van der Waals surface area contributed by atoms with Gasteiger partial charge in [0.1, 0.15) is 0 Å². The molecule has 0 aliphatic rings. The van der Waals surface area contributed by atoms with Gasteiger partial charge in [-0.25, -0.2) is 4.98 Å². The minimum absolute atomic E-state index is 0.154. The van der Waals surface area contributed by atoms with Crippen LogP contribution >= 0.6 is 23.1 Å². The molecule has 4 aromatic rings. The third-order valence-corrected chi connectivity index (χ3v) is 6.82. The summed E-state index contributed by atoms with van der Waals surface area (Å²) in [5.41, 5.74) is 2.23. The van der Waals surface area contributed by atoms with Crippen LogP contribution in [0.4, 0.5) is 10.8 Å². The first-order valence-electron chi connectivity index (χ1n) is 10.6. The number of ether oxygens (including phenoxy) is 2. The largest absolute Gasteiger partial charge is 0.493 e. The van der Waals surface area contributed by atoms with Gasteiger partial charge in [-0.2, -0.15) is 0 Å². The molecule has 2 aromatic heterocycles. The molecule has 0 saturated heterocycles.